The molecule has 1 aromatic heterocycles. The number of hydrogen-bond acceptors (Lipinski definition) is 5. The summed E-state index contributed by atoms with van der Waals surface area (Å²) in [6, 6.07) is 20.1. The summed E-state index contributed by atoms with van der Waals surface area (Å²) in [7, 11) is 0. The highest BCUT2D eigenvalue weighted by atomic mass is 32.2. The van der Waals surface area contributed by atoms with E-state index in [0.717, 1.165) is 20.9 Å². The van der Waals surface area contributed by atoms with Crippen molar-refractivity contribution in [2.75, 3.05) is 17.7 Å². The van der Waals surface area contributed by atoms with Gasteiger partial charge in [-0.2, -0.15) is 0 Å². The molecule has 0 aliphatic heterocycles. The van der Waals surface area contributed by atoms with Gasteiger partial charge in [-0.3, -0.25) is 4.79 Å². The first-order valence-electron chi connectivity index (χ1n) is 8.67. The van der Waals surface area contributed by atoms with E-state index in [1.165, 1.54) is 33.9 Å². The van der Waals surface area contributed by atoms with Gasteiger partial charge in [-0.1, -0.05) is 47.7 Å². The molecule has 6 heteroatoms. The van der Waals surface area contributed by atoms with Gasteiger partial charge in [-0.15, -0.1) is 11.8 Å². The zero-order valence-corrected chi connectivity index (χ0v) is 16.4. The van der Waals surface area contributed by atoms with Gasteiger partial charge in [-0.25, -0.2) is 4.98 Å². The molecule has 27 heavy (non-hydrogen) atoms. The lowest BCUT2D eigenvalue weighted by Crippen LogP contribution is -2.13. The summed E-state index contributed by atoms with van der Waals surface area (Å²) in [4.78, 5) is 18.0. The number of nitrogens with zero attached hydrogens (tertiary/aromatic N) is 1. The van der Waals surface area contributed by atoms with Crippen LogP contribution >= 0.6 is 23.1 Å². The second-order valence-corrected chi connectivity index (χ2v) is 7.94. The summed E-state index contributed by atoms with van der Waals surface area (Å²) in [5.41, 5.74) is 0.862. The molecule has 0 fully saturated rings. The summed E-state index contributed by atoms with van der Waals surface area (Å²) >= 11 is 3.00. The van der Waals surface area contributed by atoms with Gasteiger partial charge in [0.15, 0.2) is 5.13 Å². The molecule has 1 N–H and O–H groups in total. The lowest BCUT2D eigenvalue weighted by molar-refractivity contribution is -0.113. The van der Waals surface area contributed by atoms with Gasteiger partial charge in [0.05, 0.1) is 22.6 Å². The fourth-order valence-corrected chi connectivity index (χ4v) is 4.62. The number of anilines is 1. The second kappa shape index (κ2) is 7.98. The van der Waals surface area contributed by atoms with E-state index in [1.54, 1.807) is 0 Å². The van der Waals surface area contributed by atoms with Gasteiger partial charge in [0.2, 0.25) is 5.91 Å². The molecule has 4 nitrogen and oxygen atoms in total. The molecule has 1 amide bonds. The Kier molecular flexibility index (Phi) is 5.27. The van der Waals surface area contributed by atoms with E-state index in [-0.39, 0.29) is 5.91 Å². The van der Waals surface area contributed by atoms with Crippen LogP contribution in [0.1, 0.15) is 6.92 Å². The predicted octanol–water partition coefficient (Wildman–Crippen LogP) is 5.58. The average Bonchev–Trinajstić information content (AvgIpc) is 3.08. The SMILES string of the molecule is CCOc1ccc2nc(NC(=O)CSc3cccc4ccccc34)sc2c1. The highest BCUT2D eigenvalue weighted by Gasteiger charge is 2.10. The Balaban J connectivity index is 1.44. The minimum absolute atomic E-state index is 0.0583. The summed E-state index contributed by atoms with van der Waals surface area (Å²) in [5, 5.41) is 5.87. The van der Waals surface area contributed by atoms with Crippen LogP contribution in [0.3, 0.4) is 0 Å². The predicted molar refractivity (Wildman–Crippen MR) is 114 cm³/mol. The first-order chi connectivity index (χ1) is 13.2. The largest absolute Gasteiger partial charge is 0.494 e. The summed E-state index contributed by atoms with van der Waals surface area (Å²) in [5.74, 6) is 1.10. The minimum atomic E-state index is -0.0583. The van der Waals surface area contributed by atoms with Crippen LogP contribution in [0.5, 0.6) is 5.75 Å². The number of carbonyl (C=O) groups is 1. The number of benzene rings is 3. The van der Waals surface area contributed by atoms with Crippen molar-refractivity contribution >= 4 is 55.1 Å². The molecule has 0 aliphatic carbocycles. The minimum Gasteiger partial charge on any atom is -0.494 e. The first-order valence-corrected chi connectivity index (χ1v) is 10.5. The molecule has 0 unspecified atom stereocenters. The second-order valence-electron chi connectivity index (χ2n) is 5.90. The highest BCUT2D eigenvalue weighted by Crippen LogP contribution is 2.30. The number of fused-ring (bicyclic) bond motifs is 2. The van der Waals surface area contributed by atoms with E-state index in [1.807, 2.05) is 49.4 Å². The van der Waals surface area contributed by atoms with Gasteiger partial charge in [0.25, 0.3) is 0 Å². The van der Waals surface area contributed by atoms with Crippen LogP contribution in [0.4, 0.5) is 5.13 Å². The molecule has 0 saturated carbocycles. The van der Waals surface area contributed by atoms with Crippen LogP contribution in [-0.2, 0) is 4.79 Å². The molecular weight excluding hydrogens is 376 g/mol. The maximum Gasteiger partial charge on any atom is 0.236 e. The van der Waals surface area contributed by atoms with Crippen molar-refractivity contribution in [3.63, 3.8) is 0 Å². The molecule has 0 saturated heterocycles. The van der Waals surface area contributed by atoms with E-state index in [4.69, 9.17) is 4.74 Å². The zero-order chi connectivity index (χ0) is 18.6. The summed E-state index contributed by atoms with van der Waals surface area (Å²) < 4.78 is 6.51. The molecule has 1 heterocycles. The standard InChI is InChI=1S/C21H18N2O2S2/c1-2-25-15-10-11-17-19(12-15)27-21(22-17)23-20(24)13-26-18-9-5-7-14-6-3-4-8-16(14)18/h3-12H,2,13H2,1H3,(H,22,23,24). The molecule has 0 spiro atoms. The topological polar surface area (TPSA) is 51.2 Å². The fourth-order valence-electron chi connectivity index (χ4n) is 2.84. The number of hydrogen-bond donors (Lipinski definition) is 1. The van der Waals surface area contributed by atoms with Crippen molar-refractivity contribution in [3.8, 4) is 5.75 Å². The normalized spacial score (nSPS) is 11.0. The number of rotatable bonds is 6. The quantitative estimate of drug-likeness (QED) is 0.434. The van der Waals surface area contributed by atoms with Gasteiger partial charge in [0.1, 0.15) is 5.75 Å². The van der Waals surface area contributed by atoms with Crippen molar-refractivity contribution in [3.05, 3.63) is 60.7 Å². The van der Waals surface area contributed by atoms with Crippen LogP contribution in [0.15, 0.2) is 65.6 Å². The van der Waals surface area contributed by atoms with Gasteiger partial charge >= 0.3 is 0 Å². The number of aromatic nitrogens is 1. The van der Waals surface area contributed by atoms with Crippen LogP contribution in [-0.4, -0.2) is 23.3 Å². The van der Waals surface area contributed by atoms with E-state index < -0.39 is 0 Å². The Labute approximate surface area is 165 Å². The highest BCUT2D eigenvalue weighted by molar-refractivity contribution is 8.00. The number of thiazole rings is 1. The van der Waals surface area contributed by atoms with E-state index in [9.17, 15) is 4.79 Å². The Morgan fingerprint density at radius 1 is 1.15 bits per heavy atom. The van der Waals surface area contributed by atoms with Crippen LogP contribution in [0.2, 0.25) is 0 Å². The number of amides is 1. The Hall–Kier alpha value is -2.57. The molecule has 136 valence electrons. The first kappa shape index (κ1) is 17.8. The van der Waals surface area contributed by atoms with E-state index in [2.05, 4.69) is 28.5 Å². The van der Waals surface area contributed by atoms with Crippen molar-refractivity contribution in [1.82, 2.24) is 4.98 Å². The lowest BCUT2D eigenvalue weighted by Gasteiger charge is -2.06. The molecule has 0 radical (unpaired) electrons. The number of thioether (sulfide) groups is 1. The lowest BCUT2D eigenvalue weighted by atomic mass is 10.1. The number of carbonyl (C=O) groups excluding carboxylic acids is 1. The van der Waals surface area contributed by atoms with Crippen molar-refractivity contribution in [2.45, 2.75) is 11.8 Å². The van der Waals surface area contributed by atoms with E-state index in [0.29, 0.717) is 17.5 Å². The number of nitrogens with one attached hydrogen (secondary N) is 1. The van der Waals surface area contributed by atoms with Crippen molar-refractivity contribution in [1.29, 1.82) is 0 Å². The van der Waals surface area contributed by atoms with Crippen LogP contribution < -0.4 is 10.1 Å². The van der Waals surface area contributed by atoms with Gasteiger partial charge < -0.3 is 10.1 Å². The Morgan fingerprint density at radius 2 is 2.00 bits per heavy atom. The van der Waals surface area contributed by atoms with Gasteiger partial charge in [0, 0.05) is 4.90 Å². The maximum atomic E-state index is 12.4. The molecule has 0 bridgehead atoms. The van der Waals surface area contributed by atoms with Crippen LogP contribution in [0.25, 0.3) is 21.0 Å². The Bertz CT molecular complexity index is 1100. The molecular formula is C21H18N2O2S2. The fraction of sp³-hybridized carbons (Fsp3) is 0.143. The molecule has 3 aromatic carbocycles. The summed E-state index contributed by atoms with van der Waals surface area (Å²) in [6.07, 6.45) is 0. The molecule has 4 rings (SSSR count). The molecule has 0 aliphatic rings. The van der Waals surface area contributed by atoms with Crippen LogP contribution in [0, 0.1) is 0 Å². The van der Waals surface area contributed by atoms with Gasteiger partial charge in [-0.05, 0) is 42.0 Å². The average molecular weight is 395 g/mol. The smallest absolute Gasteiger partial charge is 0.236 e. The molecule has 4 aromatic rings. The number of ether oxygens (including phenoxy) is 1. The third-order valence-electron chi connectivity index (χ3n) is 4.03. The summed E-state index contributed by atoms with van der Waals surface area (Å²) in [6.45, 7) is 2.58. The monoisotopic (exact) mass is 394 g/mol. The Morgan fingerprint density at radius 3 is 2.89 bits per heavy atom. The van der Waals surface area contributed by atoms with Crippen molar-refractivity contribution < 1.29 is 9.53 Å². The van der Waals surface area contributed by atoms with Crippen molar-refractivity contribution in [2.24, 2.45) is 0 Å². The molecule has 0 atom stereocenters. The zero-order valence-electron chi connectivity index (χ0n) is 14.8. The third-order valence-corrected chi connectivity index (χ3v) is 6.03. The maximum absolute atomic E-state index is 12.4. The third kappa shape index (κ3) is 4.07. The van der Waals surface area contributed by atoms with E-state index >= 15 is 0 Å².